The molecule has 0 aliphatic heterocycles. The van der Waals surface area contributed by atoms with Gasteiger partial charge in [0.25, 0.3) is 0 Å². The molecule has 3 heteroatoms. The van der Waals surface area contributed by atoms with Gasteiger partial charge in [-0.1, -0.05) is 57.6 Å². The lowest BCUT2D eigenvalue weighted by molar-refractivity contribution is -0.137. The lowest BCUT2D eigenvalue weighted by Gasteiger charge is -2.05. The summed E-state index contributed by atoms with van der Waals surface area (Å²) in [5.41, 5.74) is 0. The Kier molecular flexibility index (Phi) is 13.0. The number of aliphatic hydroxyl groups is 1. The summed E-state index contributed by atoms with van der Waals surface area (Å²) < 4.78 is 0. The van der Waals surface area contributed by atoms with Gasteiger partial charge in [0.15, 0.2) is 0 Å². The van der Waals surface area contributed by atoms with Gasteiger partial charge in [0.2, 0.25) is 0 Å². The number of carboxylic acids is 1. The van der Waals surface area contributed by atoms with Crippen molar-refractivity contribution in [1.29, 1.82) is 0 Å². The van der Waals surface area contributed by atoms with E-state index in [1.54, 1.807) is 0 Å². The van der Waals surface area contributed by atoms with Crippen molar-refractivity contribution in [1.82, 2.24) is 0 Å². The molecule has 0 saturated heterocycles. The molecule has 0 aromatic carbocycles. The van der Waals surface area contributed by atoms with Gasteiger partial charge in [0, 0.05) is 6.42 Å². The minimum Gasteiger partial charge on any atom is -0.481 e. The lowest BCUT2D eigenvalue weighted by atomic mass is 10.1. The molecular weight excluding hydrogens is 240 g/mol. The lowest BCUT2D eigenvalue weighted by Crippen LogP contribution is -2.01. The molecule has 0 heterocycles. The van der Waals surface area contributed by atoms with Crippen LogP contribution in [0.15, 0.2) is 12.2 Å². The molecule has 1 unspecified atom stereocenters. The van der Waals surface area contributed by atoms with Gasteiger partial charge in [-0.05, 0) is 25.7 Å². The van der Waals surface area contributed by atoms with E-state index in [-0.39, 0.29) is 12.5 Å². The predicted octanol–water partition coefficient (Wildman–Crippen LogP) is 4.30. The maximum Gasteiger partial charge on any atom is 0.303 e. The Hall–Kier alpha value is -0.830. The zero-order chi connectivity index (χ0) is 14.3. The van der Waals surface area contributed by atoms with E-state index < -0.39 is 5.97 Å². The molecule has 0 rings (SSSR count). The van der Waals surface area contributed by atoms with Gasteiger partial charge < -0.3 is 10.2 Å². The van der Waals surface area contributed by atoms with Crippen molar-refractivity contribution in [3.63, 3.8) is 0 Å². The van der Waals surface area contributed by atoms with Crippen LogP contribution in [0.5, 0.6) is 0 Å². The summed E-state index contributed by atoms with van der Waals surface area (Å²) in [5, 5.41) is 18.2. The highest BCUT2D eigenvalue weighted by Gasteiger charge is 2.00. The highest BCUT2D eigenvalue weighted by molar-refractivity contribution is 5.66. The molecule has 1 atom stereocenters. The van der Waals surface area contributed by atoms with Crippen LogP contribution in [0.2, 0.25) is 0 Å². The number of allylic oxidation sites excluding steroid dienone is 1. The Morgan fingerprint density at radius 2 is 1.74 bits per heavy atom. The monoisotopic (exact) mass is 270 g/mol. The van der Waals surface area contributed by atoms with Crippen LogP contribution in [0.4, 0.5) is 0 Å². The standard InChI is InChI=1S/C16H30O3/c1-2-3-4-5-6-9-12-15(17)13-10-7-8-11-14-16(18)19/h9,12,15,17H,2-8,10-11,13-14H2,1H3,(H,18,19). The largest absolute Gasteiger partial charge is 0.481 e. The second kappa shape index (κ2) is 13.6. The average molecular weight is 270 g/mol. The highest BCUT2D eigenvalue weighted by Crippen LogP contribution is 2.09. The number of rotatable bonds is 13. The highest BCUT2D eigenvalue weighted by atomic mass is 16.4. The minimum atomic E-state index is -0.717. The minimum absolute atomic E-state index is 0.264. The third-order valence-corrected chi connectivity index (χ3v) is 3.22. The third-order valence-electron chi connectivity index (χ3n) is 3.22. The Bertz CT molecular complexity index is 236. The quantitative estimate of drug-likeness (QED) is 0.387. The summed E-state index contributed by atoms with van der Waals surface area (Å²) in [6.07, 6.45) is 14.5. The topological polar surface area (TPSA) is 57.5 Å². The van der Waals surface area contributed by atoms with Gasteiger partial charge in [-0.15, -0.1) is 0 Å². The summed E-state index contributed by atoms with van der Waals surface area (Å²) in [6.45, 7) is 2.20. The number of unbranched alkanes of at least 4 members (excludes halogenated alkanes) is 7. The first-order valence-electron chi connectivity index (χ1n) is 7.73. The van der Waals surface area contributed by atoms with E-state index in [4.69, 9.17) is 5.11 Å². The maximum absolute atomic E-state index is 10.3. The summed E-state index contributed by atoms with van der Waals surface area (Å²) >= 11 is 0. The number of carboxylic acid groups (broad SMARTS) is 1. The molecule has 0 aromatic rings. The summed E-state index contributed by atoms with van der Waals surface area (Å²) in [5.74, 6) is -0.717. The molecule has 2 N–H and O–H groups in total. The number of aliphatic carboxylic acids is 1. The molecule has 0 amide bonds. The van der Waals surface area contributed by atoms with Crippen LogP contribution in [-0.2, 0) is 4.79 Å². The fraction of sp³-hybridized carbons (Fsp3) is 0.812. The molecule has 112 valence electrons. The van der Waals surface area contributed by atoms with Crippen molar-refractivity contribution in [3.8, 4) is 0 Å². The van der Waals surface area contributed by atoms with E-state index in [0.29, 0.717) is 0 Å². The molecule has 3 nitrogen and oxygen atoms in total. The summed E-state index contributed by atoms with van der Waals surface area (Å²) in [7, 11) is 0. The van der Waals surface area contributed by atoms with Gasteiger partial charge in [-0.25, -0.2) is 0 Å². The first-order chi connectivity index (χ1) is 9.16. The summed E-state index contributed by atoms with van der Waals surface area (Å²) in [4.78, 5) is 10.3. The molecular formula is C16H30O3. The van der Waals surface area contributed by atoms with Crippen LogP contribution in [0, 0.1) is 0 Å². The van der Waals surface area contributed by atoms with Crippen molar-refractivity contribution in [2.75, 3.05) is 0 Å². The van der Waals surface area contributed by atoms with Gasteiger partial charge in [0.1, 0.15) is 0 Å². The first kappa shape index (κ1) is 18.2. The van der Waals surface area contributed by atoms with Gasteiger partial charge in [-0.2, -0.15) is 0 Å². The SMILES string of the molecule is CCCCCCC=CC(O)CCCCCCC(=O)O. The van der Waals surface area contributed by atoms with E-state index >= 15 is 0 Å². The fourth-order valence-corrected chi connectivity index (χ4v) is 2.02. The molecule has 19 heavy (non-hydrogen) atoms. The van der Waals surface area contributed by atoms with Crippen molar-refractivity contribution in [2.24, 2.45) is 0 Å². The van der Waals surface area contributed by atoms with Crippen LogP contribution in [0.3, 0.4) is 0 Å². The van der Waals surface area contributed by atoms with Crippen molar-refractivity contribution in [2.45, 2.75) is 83.7 Å². The fourth-order valence-electron chi connectivity index (χ4n) is 2.02. The van der Waals surface area contributed by atoms with Gasteiger partial charge >= 0.3 is 5.97 Å². The van der Waals surface area contributed by atoms with E-state index in [0.717, 1.165) is 38.5 Å². The number of hydrogen-bond donors (Lipinski definition) is 2. The zero-order valence-electron chi connectivity index (χ0n) is 12.3. The molecule has 0 saturated carbocycles. The molecule has 0 spiro atoms. The average Bonchev–Trinajstić information content (AvgIpc) is 2.37. The first-order valence-corrected chi connectivity index (χ1v) is 7.73. The van der Waals surface area contributed by atoms with E-state index in [1.807, 2.05) is 6.08 Å². The Labute approximate surface area is 117 Å². The van der Waals surface area contributed by atoms with Crippen molar-refractivity contribution in [3.05, 3.63) is 12.2 Å². The van der Waals surface area contributed by atoms with Crippen molar-refractivity contribution < 1.29 is 15.0 Å². The van der Waals surface area contributed by atoms with Crippen molar-refractivity contribution >= 4 is 5.97 Å². The summed E-state index contributed by atoms with van der Waals surface area (Å²) in [6, 6.07) is 0. The Morgan fingerprint density at radius 3 is 2.42 bits per heavy atom. The zero-order valence-corrected chi connectivity index (χ0v) is 12.3. The number of hydrogen-bond acceptors (Lipinski definition) is 2. The van der Waals surface area contributed by atoms with Crippen LogP contribution in [-0.4, -0.2) is 22.3 Å². The molecule has 0 fully saturated rings. The molecule has 0 aliphatic rings. The molecule has 0 aromatic heterocycles. The Morgan fingerprint density at radius 1 is 1.05 bits per heavy atom. The van der Waals surface area contributed by atoms with E-state index in [1.165, 1.54) is 25.7 Å². The molecule has 0 bridgehead atoms. The van der Waals surface area contributed by atoms with Gasteiger partial charge in [0.05, 0.1) is 6.10 Å². The molecule has 0 aliphatic carbocycles. The van der Waals surface area contributed by atoms with E-state index in [2.05, 4.69) is 13.0 Å². The maximum atomic E-state index is 10.3. The number of carbonyl (C=O) groups is 1. The number of aliphatic hydroxyl groups excluding tert-OH is 1. The van der Waals surface area contributed by atoms with Gasteiger partial charge in [-0.3, -0.25) is 4.79 Å². The van der Waals surface area contributed by atoms with Crippen LogP contribution in [0.25, 0.3) is 0 Å². The third kappa shape index (κ3) is 15.1. The smallest absolute Gasteiger partial charge is 0.303 e. The second-order valence-corrected chi connectivity index (χ2v) is 5.19. The van der Waals surface area contributed by atoms with Crippen LogP contribution < -0.4 is 0 Å². The Balaban J connectivity index is 3.31. The van der Waals surface area contributed by atoms with E-state index in [9.17, 15) is 9.90 Å². The molecule has 0 radical (unpaired) electrons. The second-order valence-electron chi connectivity index (χ2n) is 5.19. The van der Waals surface area contributed by atoms with Crippen LogP contribution >= 0.6 is 0 Å². The van der Waals surface area contributed by atoms with Crippen LogP contribution in [0.1, 0.15) is 77.6 Å². The normalized spacial score (nSPS) is 12.9. The predicted molar refractivity (Wildman–Crippen MR) is 79.2 cm³/mol.